The number of hydrogen-bond donors (Lipinski definition) is 4. The maximum atomic E-state index is 5.85. The molecule has 4 heteroatoms. The molecule has 0 heterocycles. The molecule has 0 radical (unpaired) electrons. The number of rotatable bonds is 9. The minimum absolute atomic E-state index is 0.0962. The first-order valence-electron chi connectivity index (χ1n) is 5.59. The summed E-state index contributed by atoms with van der Waals surface area (Å²) in [6.45, 7) is 4.70. The molecule has 0 amide bonds. The minimum Gasteiger partial charge on any atom is -0.330 e. The Kier molecular flexibility index (Phi) is 9.29. The van der Waals surface area contributed by atoms with Crippen LogP contribution in [0, 0.1) is 5.92 Å². The summed E-state index contributed by atoms with van der Waals surface area (Å²) in [5.74, 6) is 0.655. The molecule has 2 unspecified atom stereocenters. The normalized spacial score (nSPS) is 15.4. The van der Waals surface area contributed by atoms with E-state index in [0.29, 0.717) is 5.92 Å². The van der Waals surface area contributed by atoms with Gasteiger partial charge in [-0.25, -0.2) is 0 Å². The van der Waals surface area contributed by atoms with Crippen molar-refractivity contribution in [3.8, 4) is 0 Å². The third kappa shape index (κ3) is 8.44. The molecule has 0 aromatic heterocycles. The van der Waals surface area contributed by atoms with E-state index in [0.717, 1.165) is 38.9 Å². The molecule has 0 rings (SSSR count). The average molecular weight is 202 g/mol. The third-order valence-corrected chi connectivity index (χ3v) is 2.35. The van der Waals surface area contributed by atoms with Crippen LogP contribution in [0.5, 0.6) is 0 Å². The zero-order valence-electron chi connectivity index (χ0n) is 9.34. The van der Waals surface area contributed by atoms with Gasteiger partial charge in [0.25, 0.3) is 0 Å². The Hall–Kier alpha value is -0.160. The van der Waals surface area contributed by atoms with Crippen molar-refractivity contribution in [1.82, 2.24) is 5.32 Å². The molecule has 0 aromatic carbocycles. The van der Waals surface area contributed by atoms with Crippen molar-refractivity contribution in [1.29, 1.82) is 0 Å². The van der Waals surface area contributed by atoms with Gasteiger partial charge in [-0.3, -0.25) is 0 Å². The highest BCUT2D eigenvalue weighted by Gasteiger charge is 2.04. The molecule has 7 N–H and O–H groups in total. The first-order valence-corrected chi connectivity index (χ1v) is 5.59. The first kappa shape index (κ1) is 13.8. The Morgan fingerprint density at radius 3 is 2.21 bits per heavy atom. The lowest BCUT2D eigenvalue weighted by Gasteiger charge is -2.17. The van der Waals surface area contributed by atoms with Gasteiger partial charge in [0.1, 0.15) is 0 Å². The van der Waals surface area contributed by atoms with Gasteiger partial charge in [-0.2, -0.15) is 0 Å². The van der Waals surface area contributed by atoms with Gasteiger partial charge in [0, 0.05) is 0 Å². The van der Waals surface area contributed by atoms with Crippen molar-refractivity contribution in [3.05, 3.63) is 0 Å². The van der Waals surface area contributed by atoms with E-state index in [1.807, 2.05) is 0 Å². The van der Waals surface area contributed by atoms with E-state index < -0.39 is 0 Å². The summed E-state index contributed by atoms with van der Waals surface area (Å²) in [5, 5.41) is 3.31. The lowest BCUT2D eigenvalue weighted by atomic mass is 10.1. The second-order valence-electron chi connectivity index (χ2n) is 3.98. The summed E-state index contributed by atoms with van der Waals surface area (Å²) in [6, 6.07) is 0. The van der Waals surface area contributed by atoms with Crippen LogP contribution in [0.15, 0.2) is 0 Å². The van der Waals surface area contributed by atoms with Crippen molar-refractivity contribution in [2.75, 3.05) is 19.6 Å². The Labute approximate surface area is 87.6 Å². The van der Waals surface area contributed by atoms with Crippen LogP contribution < -0.4 is 22.5 Å². The van der Waals surface area contributed by atoms with Crippen LogP contribution in [0.1, 0.15) is 32.6 Å². The monoisotopic (exact) mass is 202 g/mol. The molecule has 0 saturated heterocycles. The van der Waals surface area contributed by atoms with Gasteiger partial charge in [0.2, 0.25) is 0 Å². The van der Waals surface area contributed by atoms with Gasteiger partial charge in [-0.05, 0) is 51.2 Å². The molecule has 0 fully saturated rings. The maximum absolute atomic E-state index is 5.85. The topological polar surface area (TPSA) is 90.1 Å². The highest BCUT2D eigenvalue weighted by Crippen LogP contribution is 2.03. The zero-order valence-corrected chi connectivity index (χ0v) is 9.34. The van der Waals surface area contributed by atoms with Gasteiger partial charge in [0.15, 0.2) is 0 Å². The minimum atomic E-state index is 0.0962. The molecule has 14 heavy (non-hydrogen) atoms. The molecule has 0 bridgehead atoms. The summed E-state index contributed by atoms with van der Waals surface area (Å²) in [4.78, 5) is 0. The zero-order chi connectivity index (χ0) is 10.8. The highest BCUT2D eigenvalue weighted by atomic mass is 15.0. The highest BCUT2D eigenvalue weighted by molar-refractivity contribution is 4.63. The van der Waals surface area contributed by atoms with Gasteiger partial charge < -0.3 is 22.5 Å². The molecular formula is C10H26N4. The van der Waals surface area contributed by atoms with Crippen molar-refractivity contribution >= 4 is 0 Å². The van der Waals surface area contributed by atoms with E-state index in [4.69, 9.17) is 17.2 Å². The van der Waals surface area contributed by atoms with Crippen LogP contribution in [0.2, 0.25) is 0 Å². The van der Waals surface area contributed by atoms with Crippen molar-refractivity contribution < 1.29 is 0 Å². The number of hydrogen-bond acceptors (Lipinski definition) is 4. The summed E-state index contributed by atoms with van der Waals surface area (Å²) >= 11 is 0. The van der Waals surface area contributed by atoms with Gasteiger partial charge >= 0.3 is 0 Å². The molecule has 0 aliphatic carbocycles. The van der Waals surface area contributed by atoms with Crippen molar-refractivity contribution in [3.63, 3.8) is 0 Å². The molecule has 2 atom stereocenters. The molecule has 0 spiro atoms. The lowest BCUT2D eigenvalue weighted by Crippen LogP contribution is -2.40. The smallest absolute Gasteiger partial charge is 0.0546 e. The Balaban J connectivity index is 3.31. The third-order valence-electron chi connectivity index (χ3n) is 2.35. The fourth-order valence-electron chi connectivity index (χ4n) is 1.36. The Bertz CT molecular complexity index is 105. The molecule has 86 valence electrons. The maximum Gasteiger partial charge on any atom is 0.0546 e. The van der Waals surface area contributed by atoms with E-state index >= 15 is 0 Å². The van der Waals surface area contributed by atoms with E-state index in [-0.39, 0.29) is 6.17 Å². The van der Waals surface area contributed by atoms with Gasteiger partial charge in [0.05, 0.1) is 6.17 Å². The van der Waals surface area contributed by atoms with Gasteiger partial charge in [-0.15, -0.1) is 0 Å². The Morgan fingerprint density at radius 2 is 1.64 bits per heavy atom. The van der Waals surface area contributed by atoms with E-state index in [2.05, 4.69) is 12.2 Å². The van der Waals surface area contributed by atoms with E-state index in [9.17, 15) is 0 Å². The first-order chi connectivity index (χ1) is 6.70. The molecule has 0 aromatic rings. The quantitative estimate of drug-likeness (QED) is 0.395. The standard InChI is InChI=1S/C10H26N4/c1-9(4-2-6-11)8-14-10(13)5-3-7-12/h9-10,14H,2-8,11-13H2,1H3. The van der Waals surface area contributed by atoms with Crippen molar-refractivity contribution in [2.45, 2.75) is 38.8 Å². The lowest BCUT2D eigenvalue weighted by molar-refractivity contribution is 0.409. The number of nitrogens with two attached hydrogens (primary N) is 3. The fraction of sp³-hybridized carbons (Fsp3) is 1.00. The average Bonchev–Trinajstić information content (AvgIpc) is 2.20. The van der Waals surface area contributed by atoms with Crippen molar-refractivity contribution in [2.24, 2.45) is 23.1 Å². The molecule has 0 aliphatic rings. The number of nitrogens with one attached hydrogen (secondary N) is 1. The summed E-state index contributed by atoms with van der Waals surface area (Å²) in [5.41, 5.74) is 16.7. The van der Waals surface area contributed by atoms with Crippen LogP contribution >= 0.6 is 0 Å². The molecule has 0 saturated carbocycles. The predicted octanol–water partition coefficient (Wildman–Crippen LogP) is -0.0253. The predicted molar refractivity (Wildman–Crippen MR) is 61.7 cm³/mol. The van der Waals surface area contributed by atoms with E-state index in [1.54, 1.807) is 0 Å². The fourth-order valence-corrected chi connectivity index (χ4v) is 1.36. The second-order valence-corrected chi connectivity index (χ2v) is 3.98. The van der Waals surface area contributed by atoms with Crippen LogP contribution in [0.4, 0.5) is 0 Å². The SMILES string of the molecule is CC(CCCN)CNC(N)CCCN. The molecule has 4 nitrogen and oxygen atoms in total. The molecule has 0 aliphatic heterocycles. The summed E-state index contributed by atoms with van der Waals surface area (Å²) < 4.78 is 0. The largest absolute Gasteiger partial charge is 0.330 e. The van der Waals surface area contributed by atoms with Crippen LogP contribution in [0.3, 0.4) is 0 Å². The van der Waals surface area contributed by atoms with Gasteiger partial charge in [-0.1, -0.05) is 6.92 Å². The molecular weight excluding hydrogens is 176 g/mol. The van der Waals surface area contributed by atoms with Crippen LogP contribution in [-0.4, -0.2) is 25.8 Å². The second kappa shape index (κ2) is 9.40. The Morgan fingerprint density at radius 1 is 1.07 bits per heavy atom. The summed E-state index contributed by atoms with van der Waals surface area (Å²) in [6.07, 6.45) is 4.32. The van der Waals surface area contributed by atoms with Crippen LogP contribution in [-0.2, 0) is 0 Å². The van der Waals surface area contributed by atoms with E-state index in [1.165, 1.54) is 6.42 Å². The van der Waals surface area contributed by atoms with Crippen LogP contribution in [0.25, 0.3) is 0 Å². The summed E-state index contributed by atoms with van der Waals surface area (Å²) in [7, 11) is 0.